The summed E-state index contributed by atoms with van der Waals surface area (Å²) in [7, 11) is 1.76. The third kappa shape index (κ3) is 5.89. The number of thioether (sulfide) groups is 1. The fraction of sp³-hybridized carbons (Fsp3) is 0.238. The summed E-state index contributed by atoms with van der Waals surface area (Å²) in [6, 6.07) is 18.5. The summed E-state index contributed by atoms with van der Waals surface area (Å²) < 4.78 is 5.56. The van der Waals surface area contributed by atoms with Gasteiger partial charge in [0, 0.05) is 29.8 Å². The average molecular weight is 381 g/mol. The zero-order valence-electron chi connectivity index (χ0n) is 15.6. The van der Waals surface area contributed by atoms with E-state index in [1.165, 1.54) is 10.5 Å². The van der Waals surface area contributed by atoms with Crippen molar-refractivity contribution in [3.05, 3.63) is 72.1 Å². The van der Waals surface area contributed by atoms with Crippen LogP contribution in [0.1, 0.15) is 11.3 Å². The van der Waals surface area contributed by atoms with Crippen molar-refractivity contribution in [3.63, 3.8) is 0 Å². The van der Waals surface area contributed by atoms with Crippen molar-refractivity contribution in [2.45, 2.75) is 18.4 Å². The van der Waals surface area contributed by atoms with Crippen molar-refractivity contribution in [1.82, 2.24) is 15.6 Å². The molecule has 0 fully saturated rings. The second-order valence-corrected chi connectivity index (χ2v) is 7.19. The number of aryl methyl sites for hydroxylation is 1. The molecule has 0 saturated carbocycles. The van der Waals surface area contributed by atoms with Gasteiger partial charge in [0.2, 0.25) is 5.89 Å². The number of hydrogen-bond acceptors (Lipinski definition) is 4. The molecule has 0 amide bonds. The summed E-state index contributed by atoms with van der Waals surface area (Å²) in [6.07, 6.45) is 1.68. The summed E-state index contributed by atoms with van der Waals surface area (Å²) in [5.41, 5.74) is 3.09. The van der Waals surface area contributed by atoms with Crippen LogP contribution >= 0.6 is 11.8 Å². The van der Waals surface area contributed by atoms with E-state index < -0.39 is 0 Å². The Balaban J connectivity index is 1.41. The molecular weight excluding hydrogens is 356 g/mol. The normalized spacial score (nSPS) is 11.4. The van der Waals surface area contributed by atoms with E-state index in [0.29, 0.717) is 12.4 Å². The first-order chi connectivity index (χ1) is 13.2. The average Bonchev–Trinajstić information content (AvgIpc) is 3.18. The van der Waals surface area contributed by atoms with E-state index in [2.05, 4.69) is 51.8 Å². The van der Waals surface area contributed by atoms with Crippen molar-refractivity contribution in [2.75, 3.05) is 19.3 Å². The van der Waals surface area contributed by atoms with Gasteiger partial charge in [0.05, 0.1) is 12.2 Å². The van der Waals surface area contributed by atoms with Gasteiger partial charge in [-0.25, -0.2) is 4.98 Å². The molecule has 2 N–H and O–H groups in total. The van der Waals surface area contributed by atoms with Gasteiger partial charge in [-0.05, 0) is 31.2 Å². The fourth-order valence-corrected chi connectivity index (χ4v) is 3.24. The second-order valence-electron chi connectivity index (χ2n) is 6.02. The lowest BCUT2D eigenvalue weighted by Crippen LogP contribution is -2.38. The molecule has 6 heteroatoms. The van der Waals surface area contributed by atoms with Gasteiger partial charge in [0.25, 0.3) is 0 Å². The third-order valence-corrected chi connectivity index (χ3v) is 4.93. The maximum absolute atomic E-state index is 5.56. The van der Waals surface area contributed by atoms with Crippen LogP contribution in [-0.2, 0) is 6.54 Å². The van der Waals surface area contributed by atoms with Gasteiger partial charge in [-0.3, -0.25) is 4.99 Å². The van der Waals surface area contributed by atoms with Crippen LogP contribution in [0.25, 0.3) is 11.5 Å². The topological polar surface area (TPSA) is 62.5 Å². The minimum atomic E-state index is 0.557. The first kappa shape index (κ1) is 19.0. The molecule has 0 saturated heterocycles. The minimum absolute atomic E-state index is 0.557. The number of nitrogens with one attached hydrogen (secondary N) is 2. The van der Waals surface area contributed by atoms with Gasteiger partial charge in [0.1, 0.15) is 6.26 Å². The highest BCUT2D eigenvalue weighted by Gasteiger charge is 2.07. The van der Waals surface area contributed by atoms with Gasteiger partial charge < -0.3 is 15.1 Å². The number of nitrogens with zero attached hydrogens (tertiary/aromatic N) is 2. The van der Waals surface area contributed by atoms with Crippen LogP contribution in [0.2, 0.25) is 0 Å². The zero-order valence-corrected chi connectivity index (χ0v) is 16.4. The summed E-state index contributed by atoms with van der Waals surface area (Å²) in [5, 5.41) is 6.58. The van der Waals surface area contributed by atoms with Crippen molar-refractivity contribution in [2.24, 2.45) is 4.99 Å². The number of benzene rings is 2. The number of hydrogen-bond donors (Lipinski definition) is 2. The molecule has 27 heavy (non-hydrogen) atoms. The van der Waals surface area contributed by atoms with E-state index in [0.717, 1.165) is 29.5 Å². The lowest BCUT2D eigenvalue weighted by Gasteiger charge is -2.10. The number of oxazole rings is 1. The van der Waals surface area contributed by atoms with E-state index in [4.69, 9.17) is 4.42 Å². The Bertz CT molecular complexity index is 859. The van der Waals surface area contributed by atoms with Crippen LogP contribution in [-0.4, -0.2) is 30.3 Å². The van der Waals surface area contributed by atoms with E-state index in [1.807, 2.05) is 42.1 Å². The Morgan fingerprint density at radius 3 is 2.59 bits per heavy atom. The van der Waals surface area contributed by atoms with Crippen molar-refractivity contribution >= 4 is 17.7 Å². The monoisotopic (exact) mass is 380 g/mol. The van der Waals surface area contributed by atoms with E-state index in [1.54, 1.807) is 13.3 Å². The van der Waals surface area contributed by atoms with Gasteiger partial charge in [-0.1, -0.05) is 35.9 Å². The maximum Gasteiger partial charge on any atom is 0.226 e. The van der Waals surface area contributed by atoms with Crippen LogP contribution in [0.4, 0.5) is 0 Å². The summed E-state index contributed by atoms with van der Waals surface area (Å²) in [4.78, 5) is 10.0. The lowest BCUT2D eigenvalue weighted by atomic mass is 10.2. The molecule has 1 aromatic heterocycles. The van der Waals surface area contributed by atoms with E-state index in [-0.39, 0.29) is 0 Å². The number of rotatable bonds is 7. The van der Waals surface area contributed by atoms with Crippen LogP contribution in [0.3, 0.4) is 0 Å². The Hall–Kier alpha value is -2.73. The van der Waals surface area contributed by atoms with Crippen LogP contribution in [0, 0.1) is 6.92 Å². The molecule has 1 heterocycles. The molecule has 0 bridgehead atoms. The molecule has 0 aliphatic carbocycles. The SMILES string of the molecule is CN=C(NCCSc1ccc(C)cc1)NCc1coc(-c2ccccc2)n1. The quantitative estimate of drug-likeness (QED) is 0.280. The predicted octanol–water partition coefficient (Wildman–Crippen LogP) is 4.11. The summed E-state index contributed by atoms with van der Waals surface area (Å²) in [6.45, 7) is 3.48. The summed E-state index contributed by atoms with van der Waals surface area (Å²) >= 11 is 1.82. The molecule has 0 aliphatic rings. The van der Waals surface area contributed by atoms with E-state index in [9.17, 15) is 0 Å². The maximum atomic E-state index is 5.56. The van der Waals surface area contributed by atoms with Crippen LogP contribution < -0.4 is 10.6 Å². The fourth-order valence-electron chi connectivity index (χ4n) is 2.47. The van der Waals surface area contributed by atoms with Gasteiger partial charge in [0.15, 0.2) is 5.96 Å². The number of aliphatic imine (C=N–C) groups is 1. The lowest BCUT2D eigenvalue weighted by molar-refractivity contribution is 0.572. The van der Waals surface area contributed by atoms with E-state index >= 15 is 0 Å². The van der Waals surface area contributed by atoms with Gasteiger partial charge in [-0.15, -0.1) is 11.8 Å². The number of aromatic nitrogens is 1. The van der Waals surface area contributed by atoms with Crippen LogP contribution in [0.5, 0.6) is 0 Å². The Kier molecular flexibility index (Phi) is 6.93. The molecule has 5 nitrogen and oxygen atoms in total. The smallest absolute Gasteiger partial charge is 0.226 e. The number of guanidine groups is 1. The highest BCUT2D eigenvalue weighted by atomic mass is 32.2. The first-order valence-corrected chi connectivity index (χ1v) is 9.87. The molecule has 0 radical (unpaired) electrons. The predicted molar refractivity (Wildman–Crippen MR) is 112 cm³/mol. The van der Waals surface area contributed by atoms with Crippen molar-refractivity contribution < 1.29 is 4.42 Å². The van der Waals surface area contributed by atoms with Crippen LogP contribution in [0.15, 0.2) is 75.2 Å². The molecule has 2 aromatic carbocycles. The highest BCUT2D eigenvalue weighted by Crippen LogP contribution is 2.18. The van der Waals surface area contributed by atoms with Gasteiger partial charge >= 0.3 is 0 Å². The minimum Gasteiger partial charge on any atom is -0.444 e. The van der Waals surface area contributed by atoms with Crippen molar-refractivity contribution in [3.8, 4) is 11.5 Å². The highest BCUT2D eigenvalue weighted by molar-refractivity contribution is 7.99. The molecule has 3 aromatic rings. The largest absolute Gasteiger partial charge is 0.444 e. The van der Waals surface area contributed by atoms with Crippen molar-refractivity contribution in [1.29, 1.82) is 0 Å². The molecule has 0 atom stereocenters. The second kappa shape index (κ2) is 9.83. The Morgan fingerprint density at radius 1 is 1.07 bits per heavy atom. The van der Waals surface area contributed by atoms with Gasteiger partial charge in [-0.2, -0.15) is 0 Å². The standard InChI is InChI=1S/C21H24N4OS/c1-16-8-10-19(11-9-16)27-13-12-23-21(22-2)24-14-18-15-26-20(25-18)17-6-4-3-5-7-17/h3-11,15H,12-14H2,1-2H3,(H2,22,23,24). The Labute approximate surface area is 164 Å². The molecule has 0 unspecified atom stereocenters. The first-order valence-electron chi connectivity index (χ1n) is 8.88. The Morgan fingerprint density at radius 2 is 1.85 bits per heavy atom. The zero-order chi connectivity index (χ0) is 18.9. The molecule has 3 rings (SSSR count). The third-order valence-electron chi connectivity index (χ3n) is 3.92. The molecular formula is C21H24N4OS. The molecule has 140 valence electrons. The molecule has 0 aliphatic heterocycles. The molecule has 0 spiro atoms. The summed E-state index contributed by atoms with van der Waals surface area (Å²) in [5.74, 6) is 2.35.